The van der Waals surface area contributed by atoms with Gasteiger partial charge in [-0.25, -0.2) is 10.2 Å². The van der Waals surface area contributed by atoms with Crippen LogP contribution < -0.4 is 5.44 Å². The number of aromatic nitrogens is 2. The van der Waals surface area contributed by atoms with Gasteiger partial charge in [-0.1, -0.05) is 11.6 Å². The van der Waals surface area contributed by atoms with Crippen molar-refractivity contribution in [1.29, 1.82) is 0 Å². The highest BCUT2D eigenvalue weighted by atomic mass is 35.5. The Labute approximate surface area is 117 Å². The molecule has 2 aromatic rings. The van der Waals surface area contributed by atoms with Crippen molar-refractivity contribution in [3.63, 3.8) is 0 Å². The molecule has 2 aromatic heterocycles. The average molecular weight is 343 g/mol. The van der Waals surface area contributed by atoms with Gasteiger partial charge in [-0.2, -0.15) is 4.67 Å². The quantitative estimate of drug-likeness (QED) is 0.366. The Balaban J connectivity index is 2.75. The van der Waals surface area contributed by atoms with Gasteiger partial charge in [0.1, 0.15) is 5.65 Å². The summed E-state index contributed by atoms with van der Waals surface area (Å²) in [6.07, 6.45) is 0.196. The molecule has 0 radical (unpaired) electrons. The Kier molecular flexibility index (Phi) is 4.07. The van der Waals surface area contributed by atoms with Crippen LogP contribution >= 0.6 is 26.8 Å². The topological polar surface area (TPSA) is 142 Å². The number of nitrogens with zero attached hydrogens (tertiary/aromatic N) is 2. The SMILES string of the molecule is O=P(O)(Cc1c(Cl)ccc2ncc(P(=O)(O)O)n12)OO. The molecule has 4 N–H and O–H groups in total. The summed E-state index contributed by atoms with van der Waals surface area (Å²) in [6.45, 7) is 0. The molecule has 2 heterocycles. The maximum atomic E-state index is 11.4. The Morgan fingerprint density at radius 2 is 1.95 bits per heavy atom. The Hall–Kier alpha value is -0.760. The molecule has 12 heteroatoms. The molecule has 0 saturated heterocycles. The van der Waals surface area contributed by atoms with E-state index in [2.05, 4.69) is 9.66 Å². The summed E-state index contributed by atoms with van der Waals surface area (Å²) >= 11 is 5.87. The fourth-order valence-corrected chi connectivity index (χ4v) is 3.42. The lowest BCUT2D eigenvalue weighted by Gasteiger charge is -2.13. The zero-order valence-electron chi connectivity index (χ0n) is 9.62. The van der Waals surface area contributed by atoms with Gasteiger partial charge in [-0.05, 0) is 12.1 Å². The van der Waals surface area contributed by atoms with E-state index in [9.17, 15) is 23.8 Å². The zero-order valence-corrected chi connectivity index (χ0v) is 12.2. The van der Waals surface area contributed by atoms with E-state index in [4.69, 9.17) is 16.9 Å². The van der Waals surface area contributed by atoms with E-state index in [1.165, 1.54) is 12.1 Å². The third-order valence-electron chi connectivity index (χ3n) is 2.47. The Morgan fingerprint density at radius 1 is 1.30 bits per heavy atom. The minimum Gasteiger partial charge on any atom is -0.323 e. The lowest BCUT2D eigenvalue weighted by molar-refractivity contribution is -0.146. The van der Waals surface area contributed by atoms with Gasteiger partial charge in [-0.15, -0.1) is 0 Å². The number of rotatable bonds is 4. The van der Waals surface area contributed by atoms with E-state index in [-0.39, 0.29) is 16.4 Å². The first-order chi connectivity index (χ1) is 9.15. The highest BCUT2D eigenvalue weighted by Crippen LogP contribution is 2.46. The summed E-state index contributed by atoms with van der Waals surface area (Å²) in [6, 6.07) is 2.73. The summed E-state index contributed by atoms with van der Waals surface area (Å²) in [5.74, 6) is 0. The number of halogens is 1. The maximum Gasteiger partial charge on any atom is 0.374 e. The molecule has 9 nitrogen and oxygen atoms in total. The van der Waals surface area contributed by atoms with Crippen LogP contribution in [0.1, 0.15) is 5.69 Å². The summed E-state index contributed by atoms with van der Waals surface area (Å²) < 4.78 is 27.2. The molecule has 2 rings (SSSR count). The van der Waals surface area contributed by atoms with Crippen LogP contribution in [0, 0.1) is 0 Å². The van der Waals surface area contributed by atoms with Crippen molar-refractivity contribution in [1.82, 2.24) is 9.38 Å². The monoisotopic (exact) mass is 342 g/mol. The minimum atomic E-state index is -4.67. The normalized spacial score (nSPS) is 15.4. The van der Waals surface area contributed by atoms with Crippen molar-refractivity contribution in [2.45, 2.75) is 6.16 Å². The first-order valence-electron chi connectivity index (χ1n) is 5.01. The summed E-state index contributed by atoms with van der Waals surface area (Å²) in [4.78, 5) is 31.6. The largest absolute Gasteiger partial charge is 0.374 e. The van der Waals surface area contributed by atoms with Crippen molar-refractivity contribution in [2.75, 3.05) is 0 Å². The lowest BCUT2D eigenvalue weighted by Crippen LogP contribution is -2.15. The minimum absolute atomic E-state index is 0.0310. The van der Waals surface area contributed by atoms with Gasteiger partial charge in [0.05, 0.1) is 23.1 Å². The molecule has 0 fully saturated rings. The number of hydrogen-bond acceptors (Lipinski definition) is 5. The molecule has 0 saturated carbocycles. The third kappa shape index (κ3) is 2.95. The van der Waals surface area contributed by atoms with Crippen LogP contribution in [0.2, 0.25) is 5.02 Å². The van der Waals surface area contributed by atoms with E-state index in [1.54, 1.807) is 0 Å². The van der Waals surface area contributed by atoms with Gasteiger partial charge in [0.15, 0.2) is 5.44 Å². The second kappa shape index (κ2) is 5.22. The van der Waals surface area contributed by atoms with Crippen LogP contribution in [0.4, 0.5) is 0 Å². The van der Waals surface area contributed by atoms with Gasteiger partial charge in [0.25, 0.3) is 0 Å². The molecule has 0 aromatic carbocycles. The van der Waals surface area contributed by atoms with Gasteiger partial charge in [0.2, 0.25) is 0 Å². The third-order valence-corrected chi connectivity index (χ3v) is 4.68. The van der Waals surface area contributed by atoms with Gasteiger partial charge in [-0.3, -0.25) is 13.5 Å². The second-order valence-electron chi connectivity index (χ2n) is 3.86. The van der Waals surface area contributed by atoms with Crippen molar-refractivity contribution < 1.29 is 33.7 Å². The number of pyridine rings is 1. The molecular formula is C8H9ClN2O7P2. The first kappa shape index (κ1) is 15.6. The van der Waals surface area contributed by atoms with E-state index in [1.807, 2.05) is 0 Å². The fraction of sp³-hybridized carbons (Fsp3) is 0.125. The van der Waals surface area contributed by atoms with Crippen molar-refractivity contribution in [2.24, 2.45) is 0 Å². The Morgan fingerprint density at radius 3 is 2.50 bits per heavy atom. The molecule has 1 atom stereocenters. The summed E-state index contributed by atoms with van der Waals surface area (Å²) in [7, 11) is -9.07. The molecular weight excluding hydrogens is 333 g/mol. The predicted octanol–water partition coefficient (Wildman–Crippen LogP) is 0.966. The number of imidazole rings is 1. The summed E-state index contributed by atoms with van der Waals surface area (Å²) in [5, 5.41) is 8.33. The van der Waals surface area contributed by atoms with E-state index in [0.29, 0.717) is 0 Å². The second-order valence-corrected chi connectivity index (χ2v) is 7.57. The molecule has 110 valence electrons. The van der Waals surface area contributed by atoms with Crippen LogP contribution in [0.15, 0.2) is 18.3 Å². The maximum absolute atomic E-state index is 11.4. The van der Waals surface area contributed by atoms with Gasteiger partial charge >= 0.3 is 15.2 Å². The van der Waals surface area contributed by atoms with Crippen LogP contribution in [0.3, 0.4) is 0 Å². The van der Waals surface area contributed by atoms with Crippen LogP contribution in [-0.4, -0.2) is 29.3 Å². The Bertz CT molecular complexity index is 755. The first-order valence-corrected chi connectivity index (χ1v) is 8.77. The summed E-state index contributed by atoms with van der Waals surface area (Å²) in [5.41, 5.74) is -0.469. The van der Waals surface area contributed by atoms with Crippen molar-refractivity contribution >= 4 is 37.9 Å². The van der Waals surface area contributed by atoms with E-state index >= 15 is 0 Å². The molecule has 0 aliphatic carbocycles. The van der Waals surface area contributed by atoms with E-state index < -0.39 is 26.8 Å². The zero-order chi connectivity index (χ0) is 15.1. The molecule has 0 bridgehead atoms. The molecule has 0 aliphatic rings. The van der Waals surface area contributed by atoms with E-state index in [0.717, 1.165) is 10.6 Å². The lowest BCUT2D eigenvalue weighted by atomic mass is 10.3. The van der Waals surface area contributed by atoms with Gasteiger partial charge < -0.3 is 14.7 Å². The number of fused-ring (bicyclic) bond motifs is 1. The molecule has 0 aliphatic heterocycles. The highest BCUT2D eigenvalue weighted by molar-refractivity contribution is 7.60. The standard InChI is InChI=1S/C8H9ClN2O7P2/c9-5-1-2-7-10-3-8(20(15,16)17)11(7)6(5)4-19(13,14)18-12/h1-3,12H,4H2,(H,13,14)(H2,15,16,17). The molecule has 0 amide bonds. The van der Waals surface area contributed by atoms with Crippen LogP contribution in [0.5, 0.6) is 0 Å². The predicted molar refractivity (Wildman–Crippen MR) is 69.1 cm³/mol. The average Bonchev–Trinajstić information content (AvgIpc) is 2.76. The highest BCUT2D eigenvalue weighted by Gasteiger charge is 2.29. The number of hydrogen-bond donors (Lipinski definition) is 4. The molecule has 0 spiro atoms. The van der Waals surface area contributed by atoms with Crippen molar-refractivity contribution in [3.8, 4) is 0 Å². The smallest absolute Gasteiger partial charge is 0.323 e. The molecule has 20 heavy (non-hydrogen) atoms. The fourth-order valence-electron chi connectivity index (χ4n) is 1.67. The van der Waals surface area contributed by atoms with Crippen LogP contribution in [0.25, 0.3) is 5.65 Å². The molecule has 1 unspecified atom stereocenters. The van der Waals surface area contributed by atoms with Gasteiger partial charge in [0, 0.05) is 0 Å². The van der Waals surface area contributed by atoms with Crippen molar-refractivity contribution in [3.05, 3.63) is 29.0 Å². The van der Waals surface area contributed by atoms with Crippen LogP contribution in [-0.2, 0) is 20.0 Å².